The van der Waals surface area contributed by atoms with E-state index in [1.54, 1.807) is 34.8 Å². The molecule has 0 amide bonds. The molecule has 11 rings (SSSR count). The van der Waals surface area contributed by atoms with E-state index in [1.807, 2.05) is 54.9 Å². The summed E-state index contributed by atoms with van der Waals surface area (Å²) in [6.07, 6.45) is 30.5. The SMILES string of the molecule is CCCCCCc1ccc(-c2ccc(-c3c(F)cc(-c4cc5c(s4)-c4sc(-c6cc(F)c(-c7ccc(-c8ccc(CCCCCC)s8)s7)c7nn(CCCCCC)nc67)cc4[Si]5(CC(CC)CCCC)CC(CC)CCCC)c4nn(CCCCCC)nc34)s2)s1. The van der Waals surface area contributed by atoms with Crippen molar-refractivity contribution in [3.8, 4) is 71.0 Å². The van der Waals surface area contributed by atoms with Gasteiger partial charge in [-0.25, -0.2) is 8.78 Å². The van der Waals surface area contributed by atoms with Crippen LogP contribution in [0, 0.1) is 23.5 Å². The van der Waals surface area contributed by atoms with E-state index < -0.39 is 8.07 Å². The third-order valence-corrected chi connectivity index (χ3v) is 32.5. The maximum absolute atomic E-state index is 17.8. The zero-order valence-corrected chi connectivity index (χ0v) is 61.6. The minimum absolute atomic E-state index is 0.246. The van der Waals surface area contributed by atoms with Crippen molar-refractivity contribution in [2.45, 2.75) is 248 Å². The summed E-state index contributed by atoms with van der Waals surface area (Å²) in [6, 6.07) is 28.7. The van der Waals surface area contributed by atoms with Gasteiger partial charge in [-0.2, -0.15) is 30.0 Å². The minimum Gasteiger partial charge on any atom is -0.206 e. The average molecular weight is 1350 g/mol. The van der Waals surface area contributed by atoms with Gasteiger partial charge in [0.15, 0.2) is 0 Å². The quantitative estimate of drug-likeness (QED) is 0.0286. The number of aromatic nitrogens is 6. The monoisotopic (exact) mass is 1350 g/mol. The number of halogens is 2. The van der Waals surface area contributed by atoms with E-state index in [9.17, 15) is 0 Å². The zero-order valence-electron chi connectivity index (χ0n) is 55.7. The fraction of sp³-hybridized carbons (Fsp3) is 0.526. The van der Waals surface area contributed by atoms with Crippen molar-refractivity contribution in [2.75, 3.05) is 0 Å². The first-order chi connectivity index (χ1) is 44.5. The van der Waals surface area contributed by atoms with Gasteiger partial charge in [0, 0.05) is 69.7 Å². The molecule has 8 aromatic heterocycles. The van der Waals surface area contributed by atoms with Gasteiger partial charge >= 0.3 is 0 Å². The summed E-state index contributed by atoms with van der Waals surface area (Å²) < 4.78 is 35.7. The molecule has 0 saturated heterocycles. The number of aryl methyl sites for hydroxylation is 4. The number of unbranched alkanes of at least 4 members (excludes halogenated alkanes) is 14. The number of benzene rings is 2. The van der Waals surface area contributed by atoms with Gasteiger partial charge in [-0.05, 0) is 146 Å². The predicted molar refractivity (Wildman–Crippen MR) is 399 cm³/mol. The van der Waals surface area contributed by atoms with E-state index in [2.05, 4.69) is 116 Å². The molecule has 15 heteroatoms. The molecule has 0 N–H and O–H groups in total. The molecule has 2 atom stereocenters. The van der Waals surface area contributed by atoms with Crippen LogP contribution >= 0.6 is 68.0 Å². The molecule has 0 fully saturated rings. The first-order valence-corrected chi connectivity index (χ1v) is 42.7. The van der Waals surface area contributed by atoms with Crippen molar-refractivity contribution in [3.05, 3.63) is 94.2 Å². The Bertz CT molecular complexity index is 3700. The van der Waals surface area contributed by atoms with Crippen LogP contribution in [0.3, 0.4) is 0 Å². The van der Waals surface area contributed by atoms with Crippen LogP contribution in [-0.2, 0) is 25.9 Å². The Labute approximate surface area is 567 Å². The highest BCUT2D eigenvalue weighted by atomic mass is 32.1. The van der Waals surface area contributed by atoms with Crippen LogP contribution in [0.5, 0.6) is 0 Å². The Kier molecular flexibility index (Phi) is 24.1. The van der Waals surface area contributed by atoms with E-state index in [0.29, 0.717) is 47.1 Å². The van der Waals surface area contributed by atoms with E-state index in [4.69, 9.17) is 20.4 Å². The van der Waals surface area contributed by atoms with Gasteiger partial charge in [-0.15, -0.1) is 68.0 Å². The highest BCUT2D eigenvalue weighted by Crippen LogP contribution is 2.52. The molecule has 0 aliphatic carbocycles. The number of rotatable bonds is 38. The lowest BCUT2D eigenvalue weighted by Gasteiger charge is -2.35. The van der Waals surface area contributed by atoms with Crippen LogP contribution in [0.2, 0.25) is 12.1 Å². The molecule has 2 aromatic carbocycles. The Morgan fingerprint density at radius 3 is 1.13 bits per heavy atom. The van der Waals surface area contributed by atoms with Crippen molar-refractivity contribution in [1.82, 2.24) is 30.0 Å². The second-order valence-corrected chi connectivity index (χ2v) is 36.8. The molecule has 1 aliphatic heterocycles. The van der Waals surface area contributed by atoms with E-state index in [0.717, 1.165) is 128 Å². The number of thiophene rings is 6. The molecule has 10 aromatic rings. The van der Waals surface area contributed by atoms with Crippen LogP contribution in [0.4, 0.5) is 8.78 Å². The van der Waals surface area contributed by atoms with E-state index >= 15 is 8.78 Å². The average Bonchev–Trinajstić information content (AvgIpc) is 1.54. The maximum atomic E-state index is 17.8. The van der Waals surface area contributed by atoms with Crippen molar-refractivity contribution < 1.29 is 8.78 Å². The second-order valence-electron chi connectivity index (χ2n) is 26.2. The minimum atomic E-state index is -2.62. The Morgan fingerprint density at radius 2 is 0.736 bits per heavy atom. The van der Waals surface area contributed by atoms with Gasteiger partial charge < -0.3 is 0 Å². The zero-order chi connectivity index (χ0) is 63.4. The smallest absolute Gasteiger partial charge is 0.134 e. The molecular formula is C76H98F2N6S6Si. The molecule has 2 unspecified atom stereocenters. The molecule has 0 saturated carbocycles. The topological polar surface area (TPSA) is 61.4 Å². The van der Waals surface area contributed by atoms with Crippen LogP contribution in [-0.4, -0.2) is 38.1 Å². The molecule has 9 heterocycles. The highest BCUT2D eigenvalue weighted by Gasteiger charge is 2.50. The number of nitrogens with zero attached hydrogens (tertiary/aromatic N) is 6. The maximum Gasteiger partial charge on any atom is 0.134 e. The fourth-order valence-corrected chi connectivity index (χ4v) is 29.0. The van der Waals surface area contributed by atoms with E-state index in [1.165, 1.54) is 142 Å². The third kappa shape index (κ3) is 15.3. The predicted octanol–water partition coefficient (Wildman–Crippen LogP) is 25.2. The van der Waals surface area contributed by atoms with Crippen LogP contribution in [0.25, 0.3) is 93.1 Å². The van der Waals surface area contributed by atoms with Crippen LogP contribution in [0.1, 0.15) is 219 Å². The second kappa shape index (κ2) is 32.3. The first kappa shape index (κ1) is 67.9. The summed E-state index contributed by atoms with van der Waals surface area (Å²) in [6.45, 7) is 19.9. The van der Waals surface area contributed by atoms with Crippen LogP contribution < -0.4 is 10.4 Å². The van der Waals surface area contributed by atoms with Gasteiger partial charge in [0.25, 0.3) is 0 Å². The van der Waals surface area contributed by atoms with Crippen molar-refractivity contribution in [3.63, 3.8) is 0 Å². The summed E-state index contributed by atoms with van der Waals surface area (Å²) >= 11 is 10.8. The Balaban J connectivity index is 1.05. The molecule has 0 radical (unpaired) electrons. The third-order valence-electron chi connectivity index (χ3n) is 19.4. The van der Waals surface area contributed by atoms with Gasteiger partial charge in [0.2, 0.25) is 0 Å². The Morgan fingerprint density at radius 1 is 0.374 bits per heavy atom. The largest absolute Gasteiger partial charge is 0.206 e. The molecule has 6 nitrogen and oxygen atoms in total. The van der Waals surface area contributed by atoms with Crippen molar-refractivity contribution in [2.24, 2.45) is 11.8 Å². The number of hydrogen-bond donors (Lipinski definition) is 0. The summed E-state index contributed by atoms with van der Waals surface area (Å²) in [5.41, 5.74) is 5.64. The first-order valence-electron chi connectivity index (χ1n) is 35.4. The van der Waals surface area contributed by atoms with Gasteiger partial charge in [-0.1, -0.05) is 184 Å². The summed E-state index contributed by atoms with van der Waals surface area (Å²) in [4.78, 5) is 18.0. The molecule has 1 aliphatic rings. The summed E-state index contributed by atoms with van der Waals surface area (Å²) in [5, 5.41) is 24.3. The van der Waals surface area contributed by atoms with Gasteiger partial charge in [0.1, 0.15) is 41.8 Å². The molecular weight excluding hydrogens is 1260 g/mol. The standard InChI is InChI=1S/C76H98F2N6S6Si/c1-9-17-23-27-33-53-35-37-59(85-53)61-39-41-63(87-61)69-57(77)45-55(71-73(69)81-83(79-71)43-29-25-19-11-3)65-47-67-75(89-65)76-68(91(67,49-51(15-7)31-21-13-5)50-52(16-8)32-22-14-6)48-66(90-76)56-46-58(78)70(74-72(56)80-84(82-74)44-30-26-20-12-4)64-42-40-62(88-64)60-38-36-54(86-60)34-28-24-18-10-2/h35-42,45-48,51-52H,9-34,43-44,49-50H2,1-8H3. The van der Waals surface area contributed by atoms with Crippen molar-refractivity contribution in [1.29, 1.82) is 0 Å². The lowest BCUT2D eigenvalue weighted by molar-refractivity contribution is 0.469. The number of hydrogen-bond acceptors (Lipinski definition) is 10. The molecule has 486 valence electrons. The fourth-order valence-electron chi connectivity index (χ4n) is 14.1. The lowest BCUT2D eigenvalue weighted by atomic mass is 10.0. The molecule has 0 bridgehead atoms. The lowest BCUT2D eigenvalue weighted by Crippen LogP contribution is -2.56. The van der Waals surface area contributed by atoms with Crippen LogP contribution in [0.15, 0.2) is 72.8 Å². The Hall–Kier alpha value is -4.48. The number of fused-ring (bicyclic) bond motifs is 5. The highest BCUT2D eigenvalue weighted by molar-refractivity contribution is 7.32. The summed E-state index contributed by atoms with van der Waals surface area (Å²) in [7, 11) is -2.62. The van der Waals surface area contributed by atoms with E-state index in [-0.39, 0.29) is 11.6 Å². The summed E-state index contributed by atoms with van der Waals surface area (Å²) in [5.74, 6) is 0.643. The van der Waals surface area contributed by atoms with Gasteiger partial charge in [0.05, 0.1) is 24.2 Å². The molecule has 91 heavy (non-hydrogen) atoms. The normalized spacial score (nSPS) is 13.6. The van der Waals surface area contributed by atoms with Gasteiger partial charge in [-0.3, -0.25) is 0 Å². The molecule has 0 spiro atoms. The van der Waals surface area contributed by atoms with Crippen molar-refractivity contribution >= 4 is 109 Å².